The Labute approximate surface area is 117 Å². The van der Waals surface area contributed by atoms with Gasteiger partial charge in [0.2, 0.25) is 0 Å². The highest BCUT2D eigenvalue weighted by atomic mass is 16.1. The van der Waals surface area contributed by atoms with Crippen LogP contribution in [0.3, 0.4) is 0 Å². The maximum absolute atomic E-state index is 11.2. The van der Waals surface area contributed by atoms with Crippen LogP contribution in [0.2, 0.25) is 0 Å². The van der Waals surface area contributed by atoms with E-state index in [-0.39, 0.29) is 0 Å². The molecule has 0 N–H and O–H groups in total. The smallest absolute Gasteiger partial charge is 0.150 e. The number of aldehydes is 1. The van der Waals surface area contributed by atoms with E-state index in [4.69, 9.17) is 0 Å². The third-order valence-electron chi connectivity index (χ3n) is 4.70. The molecule has 19 heavy (non-hydrogen) atoms. The van der Waals surface area contributed by atoms with Crippen molar-refractivity contribution in [2.75, 3.05) is 0 Å². The molecule has 2 unspecified atom stereocenters. The zero-order chi connectivity index (χ0) is 13.7. The second-order valence-corrected chi connectivity index (χ2v) is 5.83. The van der Waals surface area contributed by atoms with E-state index in [1.807, 2.05) is 6.07 Å². The fourth-order valence-electron chi connectivity index (χ4n) is 3.82. The van der Waals surface area contributed by atoms with Gasteiger partial charge in [0.15, 0.2) is 0 Å². The number of carbonyl (C=O) groups excluding carboxylic acids is 1. The summed E-state index contributed by atoms with van der Waals surface area (Å²) in [6.07, 6.45) is 10.0. The number of hydrogen-bond donors (Lipinski definition) is 0. The van der Waals surface area contributed by atoms with Crippen molar-refractivity contribution in [3.05, 3.63) is 34.9 Å². The van der Waals surface area contributed by atoms with E-state index in [2.05, 4.69) is 26.0 Å². The van der Waals surface area contributed by atoms with Crippen LogP contribution in [0.5, 0.6) is 0 Å². The first-order valence-electron chi connectivity index (χ1n) is 7.88. The Morgan fingerprint density at radius 1 is 1.21 bits per heavy atom. The SMILES string of the molecule is CCCC1CCCCC1c1cccc(C=O)c1CC. The van der Waals surface area contributed by atoms with Crippen molar-refractivity contribution >= 4 is 6.29 Å². The lowest BCUT2D eigenvalue weighted by Crippen LogP contribution is -2.19. The predicted octanol–water partition coefficient (Wildman–Crippen LogP) is 5.14. The molecule has 0 aliphatic heterocycles. The van der Waals surface area contributed by atoms with Crippen LogP contribution in [0, 0.1) is 5.92 Å². The molecule has 0 bridgehead atoms. The molecule has 1 heteroatoms. The Hall–Kier alpha value is -1.11. The number of carbonyl (C=O) groups is 1. The van der Waals surface area contributed by atoms with Gasteiger partial charge in [0.05, 0.1) is 0 Å². The summed E-state index contributed by atoms with van der Waals surface area (Å²) in [6, 6.07) is 6.30. The van der Waals surface area contributed by atoms with Crippen LogP contribution in [0.25, 0.3) is 0 Å². The third-order valence-corrected chi connectivity index (χ3v) is 4.70. The van der Waals surface area contributed by atoms with Crippen LogP contribution in [-0.4, -0.2) is 6.29 Å². The Bertz CT molecular complexity index is 420. The molecule has 0 radical (unpaired) electrons. The minimum absolute atomic E-state index is 0.684. The number of hydrogen-bond acceptors (Lipinski definition) is 1. The molecule has 104 valence electrons. The standard InChI is InChI=1S/C18H26O/c1-3-8-14-9-5-6-11-17(14)18-12-7-10-15(13-19)16(18)4-2/h7,10,12-14,17H,3-6,8-9,11H2,1-2H3. The van der Waals surface area contributed by atoms with Gasteiger partial charge in [0, 0.05) is 5.56 Å². The highest BCUT2D eigenvalue weighted by Gasteiger charge is 2.27. The molecule has 1 aromatic carbocycles. The Kier molecular flexibility index (Phi) is 5.18. The summed E-state index contributed by atoms with van der Waals surface area (Å²) in [5.74, 6) is 1.51. The summed E-state index contributed by atoms with van der Waals surface area (Å²) in [5, 5.41) is 0. The van der Waals surface area contributed by atoms with Gasteiger partial charge in [-0.3, -0.25) is 4.79 Å². The van der Waals surface area contributed by atoms with Gasteiger partial charge in [-0.2, -0.15) is 0 Å². The summed E-state index contributed by atoms with van der Waals surface area (Å²) < 4.78 is 0. The van der Waals surface area contributed by atoms with Crippen molar-refractivity contribution < 1.29 is 4.79 Å². The van der Waals surface area contributed by atoms with Gasteiger partial charge in [0.1, 0.15) is 6.29 Å². The molecule has 2 rings (SSSR count). The van der Waals surface area contributed by atoms with Crippen molar-refractivity contribution in [2.45, 2.75) is 64.7 Å². The number of benzene rings is 1. The molecule has 1 aromatic rings. The van der Waals surface area contributed by atoms with Gasteiger partial charge in [-0.1, -0.05) is 57.7 Å². The highest BCUT2D eigenvalue weighted by Crippen LogP contribution is 2.41. The lowest BCUT2D eigenvalue weighted by atomic mass is 9.72. The maximum atomic E-state index is 11.2. The van der Waals surface area contributed by atoms with Crippen molar-refractivity contribution in [2.24, 2.45) is 5.92 Å². The topological polar surface area (TPSA) is 17.1 Å². The van der Waals surface area contributed by atoms with Crippen LogP contribution >= 0.6 is 0 Å². The summed E-state index contributed by atoms with van der Waals surface area (Å²) in [4.78, 5) is 11.2. The van der Waals surface area contributed by atoms with Crippen LogP contribution in [0.4, 0.5) is 0 Å². The van der Waals surface area contributed by atoms with E-state index < -0.39 is 0 Å². The Balaban J connectivity index is 2.35. The highest BCUT2D eigenvalue weighted by molar-refractivity contribution is 5.78. The Morgan fingerprint density at radius 2 is 2.00 bits per heavy atom. The van der Waals surface area contributed by atoms with Gasteiger partial charge in [-0.15, -0.1) is 0 Å². The van der Waals surface area contributed by atoms with Crippen LogP contribution < -0.4 is 0 Å². The normalized spacial score (nSPS) is 23.3. The molecule has 0 spiro atoms. The molecule has 0 amide bonds. The van der Waals surface area contributed by atoms with Crippen molar-refractivity contribution in [3.63, 3.8) is 0 Å². The van der Waals surface area contributed by atoms with E-state index >= 15 is 0 Å². The molecular formula is C18H26O. The molecule has 1 aliphatic carbocycles. The second-order valence-electron chi connectivity index (χ2n) is 5.83. The van der Waals surface area contributed by atoms with Gasteiger partial charge in [-0.25, -0.2) is 0 Å². The number of rotatable bonds is 5. The third kappa shape index (κ3) is 3.08. The average molecular weight is 258 g/mol. The predicted molar refractivity (Wildman–Crippen MR) is 80.8 cm³/mol. The van der Waals surface area contributed by atoms with Gasteiger partial charge < -0.3 is 0 Å². The molecule has 0 aromatic heterocycles. The molecule has 1 saturated carbocycles. The van der Waals surface area contributed by atoms with Crippen LogP contribution in [-0.2, 0) is 6.42 Å². The lowest BCUT2D eigenvalue weighted by molar-refractivity contribution is 0.112. The fourth-order valence-corrected chi connectivity index (χ4v) is 3.82. The largest absolute Gasteiger partial charge is 0.298 e. The first-order valence-corrected chi connectivity index (χ1v) is 7.88. The van der Waals surface area contributed by atoms with Crippen molar-refractivity contribution in [1.82, 2.24) is 0 Å². The molecule has 0 saturated heterocycles. The summed E-state index contributed by atoms with van der Waals surface area (Å²) >= 11 is 0. The van der Waals surface area contributed by atoms with E-state index in [9.17, 15) is 4.79 Å². The van der Waals surface area contributed by atoms with Crippen LogP contribution in [0.1, 0.15) is 79.8 Å². The van der Waals surface area contributed by atoms with E-state index in [0.717, 1.165) is 24.2 Å². The first kappa shape index (κ1) is 14.3. The Morgan fingerprint density at radius 3 is 2.68 bits per heavy atom. The molecular weight excluding hydrogens is 232 g/mol. The maximum Gasteiger partial charge on any atom is 0.150 e. The van der Waals surface area contributed by atoms with Crippen LogP contribution in [0.15, 0.2) is 18.2 Å². The van der Waals surface area contributed by atoms with E-state index in [1.54, 1.807) is 0 Å². The zero-order valence-corrected chi connectivity index (χ0v) is 12.3. The van der Waals surface area contributed by atoms with Gasteiger partial charge >= 0.3 is 0 Å². The zero-order valence-electron chi connectivity index (χ0n) is 12.3. The molecule has 1 nitrogen and oxygen atoms in total. The minimum atomic E-state index is 0.684. The van der Waals surface area contributed by atoms with Crippen molar-refractivity contribution in [1.29, 1.82) is 0 Å². The molecule has 0 heterocycles. The minimum Gasteiger partial charge on any atom is -0.298 e. The quantitative estimate of drug-likeness (QED) is 0.669. The molecule has 1 fully saturated rings. The first-order chi connectivity index (χ1) is 9.31. The second kappa shape index (κ2) is 6.88. The molecule has 1 aliphatic rings. The lowest BCUT2D eigenvalue weighted by Gasteiger charge is -2.33. The summed E-state index contributed by atoms with van der Waals surface area (Å²) in [7, 11) is 0. The summed E-state index contributed by atoms with van der Waals surface area (Å²) in [6.45, 7) is 4.46. The van der Waals surface area contributed by atoms with Gasteiger partial charge in [-0.05, 0) is 42.2 Å². The fraction of sp³-hybridized carbons (Fsp3) is 0.611. The summed E-state index contributed by atoms with van der Waals surface area (Å²) in [5.41, 5.74) is 3.66. The van der Waals surface area contributed by atoms with Gasteiger partial charge in [0.25, 0.3) is 0 Å². The van der Waals surface area contributed by atoms with Crippen molar-refractivity contribution in [3.8, 4) is 0 Å². The monoisotopic (exact) mass is 258 g/mol. The average Bonchev–Trinajstić information content (AvgIpc) is 2.47. The van der Waals surface area contributed by atoms with E-state index in [0.29, 0.717) is 5.92 Å². The molecule has 2 atom stereocenters. The van der Waals surface area contributed by atoms with E-state index in [1.165, 1.54) is 49.7 Å².